The number of aromatic nitrogens is 2. The molecule has 1 atom stereocenters. The maximum absolute atomic E-state index is 12.8. The Bertz CT molecular complexity index is 1110. The number of hydrogen-bond acceptors (Lipinski definition) is 5. The molecule has 1 unspecified atom stereocenters. The third kappa shape index (κ3) is 5.16. The van der Waals surface area contributed by atoms with Crippen LogP contribution in [0, 0.1) is 5.92 Å². The Labute approximate surface area is 181 Å². The van der Waals surface area contributed by atoms with E-state index in [-0.39, 0.29) is 11.5 Å². The number of anilines is 1. The molecule has 1 amide bonds. The molecule has 162 valence electrons. The third-order valence-corrected chi connectivity index (χ3v) is 5.23. The van der Waals surface area contributed by atoms with Crippen molar-refractivity contribution in [2.24, 2.45) is 5.92 Å². The number of likely N-dealkylation sites (tertiary alicyclic amines) is 1. The van der Waals surface area contributed by atoms with Crippen molar-refractivity contribution in [2.45, 2.75) is 12.8 Å². The first-order valence-corrected chi connectivity index (χ1v) is 9.96. The molecule has 1 N–H and O–H groups in total. The van der Waals surface area contributed by atoms with Crippen LogP contribution in [0.1, 0.15) is 16.8 Å². The normalized spacial score (nSPS) is 16.5. The molecule has 2 heterocycles. The number of halogens is 4. The van der Waals surface area contributed by atoms with Crippen molar-refractivity contribution in [3.63, 3.8) is 0 Å². The summed E-state index contributed by atoms with van der Waals surface area (Å²) in [6.45, 7) is 1.43. The van der Waals surface area contributed by atoms with Crippen molar-refractivity contribution in [3.05, 3.63) is 59.2 Å². The van der Waals surface area contributed by atoms with E-state index in [2.05, 4.69) is 20.0 Å². The highest BCUT2D eigenvalue weighted by Gasteiger charge is 2.34. The Kier molecular flexibility index (Phi) is 5.86. The van der Waals surface area contributed by atoms with Crippen LogP contribution in [0.25, 0.3) is 11.0 Å². The molecule has 0 aliphatic carbocycles. The van der Waals surface area contributed by atoms with E-state index in [0.717, 1.165) is 12.5 Å². The summed E-state index contributed by atoms with van der Waals surface area (Å²) in [6, 6.07) is 10.6. The lowest BCUT2D eigenvalue weighted by Gasteiger charge is -2.19. The summed E-state index contributed by atoms with van der Waals surface area (Å²) in [5.41, 5.74) is 1.29. The molecule has 6 nitrogen and oxygen atoms in total. The highest BCUT2D eigenvalue weighted by molar-refractivity contribution is 6.31. The summed E-state index contributed by atoms with van der Waals surface area (Å²) in [7, 11) is 0. The Morgan fingerprint density at radius 1 is 1.23 bits per heavy atom. The Balaban J connectivity index is 1.38. The van der Waals surface area contributed by atoms with Gasteiger partial charge >= 0.3 is 6.36 Å². The predicted octanol–water partition coefficient (Wildman–Crippen LogP) is 4.76. The van der Waals surface area contributed by atoms with Crippen LogP contribution in [0.15, 0.2) is 48.7 Å². The van der Waals surface area contributed by atoms with E-state index in [1.165, 1.54) is 18.2 Å². The van der Waals surface area contributed by atoms with Crippen molar-refractivity contribution in [1.82, 2.24) is 14.9 Å². The summed E-state index contributed by atoms with van der Waals surface area (Å²) in [6.07, 6.45) is -2.53. The Morgan fingerprint density at radius 3 is 2.84 bits per heavy atom. The minimum absolute atomic E-state index is 0.104. The van der Waals surface area contributed by atoms with Gasteiger partial charge in [0.05, 0.1) is 22.8 Å². The minimum atomic E-state index is -4.86. The fourth-order valence-electron chi connectivity index (χ4n) is 3.53. The smallest absolute Gasteiger partial charge is 0.405 e. The van der Waals surface area contributed by atoms with Gasteiger partial charge in [0.2, 0.25) is 0 Å². The number of nitrogens with one attached hydrogen (secondary N) is 1. The van der Waals surface area contributed by atoms with Crippen molar-refractivity contribution >= 4 is 34.4 Å². The van der Waals surface area contributed by atoms with Crippen LogP contribution < -0.4 is 10.1 Å². The molecule has 1 aromatic heterocycles. The van der Waals surface area contributed by atoms with E-state index >= 15 is 0 Å². The third-order valence-electron chi connectivity index (χ3n) is 4.99. The lowest BCUT2D eigenvalue weighted by molar-refractivity contribution is -0.274. The van der Waals surface area contributed by atoms with Crippen LogP contribution in [0.4, 0.5) is 19.0 Å². The van der Waals surface area contributed by atoms with Gasteiger partial charge in [0.1, 0.15) is 11.6 Å². The number of alkyl halides is 3. The molecule has 1 aliphatic heterocycles. The SMILES string of the molecule is O=C(c1ccccc1OC(F)(F)F)N1CCC(CNc2cnc3cc(Cl)ccc3n2)C1. The molecule has 0 saturated carbocycles. The maximum atomic E-state index is 12.8. The fraction of sp³-hybridized carbons (Fsp3) is 0.286. The lowest BCUT2D eigenvalue weighted by atomic mass is 10.1. The van der Waals surface area contributed by atoms with Crippen LogP contribution in [-0.4, -0.2) is 46.8 Å². The molecule has 2 aromatic carbocycles. The van der Waals surface area contributed by atoms with Gasteiger partial charge in [-0.05, 0) is 42.7 Å². The van der Waals surface area contributed by atoms with Gasteiger partial charge in [0.15, 0.2) is 0 Å². The number of hydrogen-bond donors (Lipinski definition) is 1. The summed E-state index contributed by atoms with van der Waals surface area (Å²) in [5.74, 6) is -0.247. The number of nitrogens with zero attached hydrogens (tertiary/aromatic N) is 3. The van der Waals surface area contributed by atoms with Crippen molar-refractivity contribution in [3.8, 4) is 5.75 Å². The van der Waals surface area contributed by atoms with Crippen LogP contribution in [0.3, 0.4) is 0 Å². The number of carbonyl (C=O) groups is 1. The highest BCUT2D eigenvalue weighted by atomic mass is 35.5. The van der Waals surface area contributed by atoms with Crippen molar-refractivity contribution < 1.29 is 22.7 Å². The molecule has 4 rings (SSSR count). The van der Waals surface area contributed by atoms with Gasteiger partial charge in [-0.15, -0.1) is 13.2 Å². The van der Waals surface area contributed by atoms with Crippen LogP contribution in [0.2, 0.25) is 5.02 Å². The molecule has 0 bridgehead atoms. The number of fused-ring (bicyclic) bond motifs is 1. The summed E-state index contributed by atoms with van der Waals surface area (Å²) in [4.78, 5) is 23.1. The average molecular weight is 451 g/mol. The second-order valence-electron chi connectivity index (χ2n) is 7.22. The second kappa shape index (κ2) is 8.58. The molecule has 0 spiro atoms. The molecule has 31 heavy (non-hydrogen) atoms. The van der Waals surface area contributed by atoms with Crippen molar-refractivity contribution in [1.29, 1.82) is 0 Å². The Hall–Kier alpha value is -3.07. The van der Waals surface area contributed by atoms with Crippen LogP contribution >= 0.6 is 11.6 Å². The van der Waals surface area contributed by atoms with E-state index in [4.69, 9.17) is 11.6 Å². The standard InChI is InChI=1S/C21H18ClF3N4O2/c22-14-5-6-16-17(9-14)26-11-19(28-16)27-10-13-7-8-29(12-13)20(30)15-3-1-2-4-18(15)31-21(23,24)25/h1-6,9,11,13H,7-8,10,12H2,(H,27,28). The zero-order valence-corrected chi connectivity index (χ0v) is 17.0. The summed E-state index contributed by atoms with van der Waals surface area (Å²) >= 11 is 5.95. The molecule has 10 heteroatoms. The van der Waals surface area contributed by atoms with Gasteiger partial charge < -0.3 is 15.0 Å². The molecular formula is C21H18ClF3N4O2. The zero-order chi connectivity index (χ0) is 22.0. The van der Waals surface area contributed by atoms with Crippen LogP contribution in [0.5, 0.6) is 5.75 Å². The van der Waals surface area contributed by atoms with E-state index in [9.17, 15) is 18.0 Å². The number of ether oxygens (including phenoxy) is 1. The molecule has 0 radical (unpaired) electrons. The van der Waals surface area contributed by atoms with Gasteiger partial charge in [0, 0.05) is 24.7 Å². The molecule has 1 saturated heterocycles. The molecule has 1 fully saturated rings. The summed E-state index contributed by atoms with van der Waals surface area (Å²) in [5, 5.41) is 3.80. The van der Waals surface area contributed by atoms with Crippen LogP contribution in [-0.2, 0) is 0 Å². The number of carbonyl (C=O) groups excluding carboxylic acids is 1. The first-order valence-electron chi connectivity index (χ1n) is 9.59. The number of para-hydroxylation sites is 1. The quantitative estimate of drug-likeness (QED) is 0.607. The Morgan fingerprint density at radius 2 is 2.03 bits per heavy atom. The number of amides is 1. The highest BCUT2D eigenvalue weighted by Crippen LogP contribution is 2.29. The van der Waals surface area contributed by atoms with E-state index in [1.54, 1.807) is 29.3 Å². The van der Waals surface area contributed by atoms with E-state index in [0.29, 0.717) is 41.5 Å². The first kappa shape index (κ1) is 21.2. The minimum Gasteiger partial charge on any atom is -0.405 e. The lowest BCUT2D eigenvalue weighted by Crippen LogP contribution is -2.30. The van der Waals surface area contributed by atoms with Gasteiger partial charge in [0.25, 0.3) is 5.91 Å². The fourth-order valence-corrected chi connectivity index (χ4v) is 3.70. The predicted molar refractivity (Wildman–Crippen MR) is 110 cm³/mol. The van der Waals surface area contributed by atoms with E-state index in [1.807, 2.05) is 0 Å². The maximum Gasteiger partial charge on any atom is 0.573 e. The number of rotatable bonds is 5. The second-order valence-corrected chi connectivity index (χ2v) is 7.66. The van der Waals surface area contributed by atoms with Gasteiger partial charge in [-0.3, -0.25) is 9.78 Å². The summed E-state index contributed by atoms with van der Waals surface area (Å²) < 4.78 is 41.9. The zero-order valence-electron chi connectivity index (χ0n) is 16.2. The van der Waals surface area contributed by atoms with E-state index < -0.39 is 18.0 Å². The van der Waals surface area contributed by atoms with Gasteiger partial charge in [-0.2, -0.15) is 0 Å². The molecule has 1 aliphatic rings. The average Bonchev–Trinajstić information content (AvgIpc) is 3.20. The van der Waals surface area contributed by atoms with Gasteiger partial charge in [-0.1, -0.05) is 23.7 Å². The monoisotopic (exact) mass is 450 g/mol. The first-order chi connectivity index (χ1) is 14.8. The molecule has 3 aromatic rings. The van der Waals surface area contributed by atoms with Gasteiger partial charge in [-0.25, -0.2) is 4.98 Å². The number of benzene rings is 2. The van der Waals surface area contributed by atoms with Crippen molar-refractivity contribution in [2.75, 3.05) is 25.0 Å². The largest absolute Gasteiger partial charge is 0.573 e. The topological polar surface area (TPSA) is 67.3 Å². The molecular weight excluding hydrogens is 433 g/mol.